The largest absolute Gasteiger partial charge is 0.494 e. The predicted molar refractivity (Wildman–Crippen MR) is 87.3 cm³/mol. The van der Waals surface area contributed by atoms with Gasteiger partial charge in [0.1, 0.15) is 5.75 Å². The summed E-state index contributed by atoms with van der Waals surface area (Å²) in [7, 11) is 0. The lowest BCUT2D eigenvalue weighted by Gasteiger charge is -2.06. The van der Waals surface area contributed by atoms with Crippen molar-refractivity contribution in [2.75, 3.05) is 13.2 Å². The topological polar surface area (TPSA) is 52.3 Å². The second-order valence-corrected chi connectivity index (χ2v) is 4.56. The van der Waals surface area contributed by atoms with Gasteiger partial charge in [-0.2, -0.15) is 0 Å². The van der Waals surface area contributed by atoms with E-state index in [-0.39, 0.29) is 18.2 Å². The first kappa shape index (κ1) is 17.2. The number of unbranched alkanes of at least 4 members (excludes halogenated alkanes) is 1. The first-order valence-corrected chi connectivity index (χ1v) is 6.84. The Balaban J connectivity index is 0.00000220. The SMILES string of the molecule is Cl.NCCCCOc1ccc(C(=O)c2ccccc2)cc1. The molecule has 0 spiro atoms. The van der Waals surface area contributed by atoms with Gasteiger partial charge in [-0.3, -0.25) is 4.79 Å². The van der Waals surface area contributed by atoms with E-state index in [2.05, 4.69) is 0 Å². The molecule has 0 saturated carbocycles. The summed E-state index contributed by atoms with van der Waals surface area (Å²) >= 11 is 0. The fourth-order valence-electron chi connectivity index (χ4n) is 1.90. The van der Waals surface area contributed by atoms with Gasteiger partial charge in [0.2, 0.25) is 0 Å². The number of carbonyl (C=O) groups is 1. The zero-order valence-corrected chi connectivity index (χ0v) is 12.6. The van der Waals surface area contributed by atoms with Gasteiger partial charge < -0.3 is 10.5 Å². The van der Waals surface area contributed by atoms with Crippen LogP contribution in [-0.2, 0) is 0 Å². The molecule has 0 heterocycles. The Bertz CT molecular complexity index is 540. The Labute approximate surface area is 131 Å². The number of nitrogens with two attached hydrogens (primary N) is 1. The molecule has 3 nitrogen and oxygen atoms in total. The van der Waals surface area contributed by atoms with Gasteiger partial charge >= 0.3 is 0 Å². The van der Waals surface area contributed by atoms with Crippen molar-refractivity contribution in [1.29, 1.82) is 0 Å². The standard InChI is InChI=1S/C17H19NO2.ClH/c18-12-4-5-13-20-16-10-8-15(9-11-16)17(19)14-6-2-1-3-7-14;/h1-3,6-11H,4-5,12-13,18H2;1H. The molecular formula is C17H20ClNO2. The van der Waals surface area contributed by atoms with Crippen LogP contribution in [0, 0.1) is 0 Å². The minimum absolute atomic E-state index is 0. The predicted octanol–water partition coefficient (Wildman–Crippen LogP) is 3.46. The molecule has 0 radical (unpaired) electrons. The Morgan fingerprint density at radius 2 is 1.52 bits per heavy atom. The molecule has 112 valence electrons. The second-order valence-electron chi connectivity index (χ2n) is 4.56. The van der Waals surface area contributed by atoms with Gasteiger partial charge in [0.15, 0.2) is 5.78 Å². The third-order valence-corrected chi connectivity index (χ3v) is 3.02. The molecule has 4 heteroatoms. The van der Waals surface area contributed by atoms with Crippen LogP contribution in [0.1, 0.15) is 28.8 Å². The Morgan fingerprint density at radius 1 is 0.905 bits per heavy atom. The summed E-state index contributed by atoms with van der Waals surface area (Å²) in [6, 6.07) is 16.5. The highest BCUT2D eigenvalue weighted by molar-refractivity contribution is 6.08. The Morgan fingerprint density at radius 3 is 2.14 bits per heavy atom. The smallest absolute Gasteiger partial charge is 0.193 e. The third-order valence-electron chi connectivity index (χ3n) is 3.02. The highest BCUT2D eigenvalue weighted by atomic mass is 35.5. The monoisotopic (exact) mass is 305 g/mol. The van der Waals surface area contributed by atoms with Gasteiger partial charge in [-0.15, -0.1) is 12.4 Å². The number of rotatable bonds is 7. The van der Waals surface area contributed by atoms with E-state index in [1.54, 1.807) is 12.1 Å². The summed E-state index contributed by atoms with van der Waals surface area (Å²) < 4.78 is 5.58. The molecule has 0 aromatic heterocycles. The van der Waals surface area contributed by atoms with E-state index < -0.39 is 0 Å². The molecule has 0 bridgehead atoms. The van der Waals surface area contributed by atoms with Crippen molar-refractivity contribution < 1.29 is 9.53 Å². The maximum atomic E-state index is 12.2. The van der Waals surface area contributed by atoms with Gasteiger partial charge in [-0.05, 0) is 43.7 Å². The number of halogens is 1. The minimum Gasteiger partial charge on any atom is -0.494 e. The van der Waals surface area contributed by atoms with Gasteiger partial charge in [-0.1, -0.05) is 30.3 Å². The normalized spacial score (nSPS) is 9.76. The van der Waals surface area contributed by atoms with E-state index in [1.165, 1.54) is 0 Å². The van der Waals surface area contributed by atoms with Crippen molar-refractivity contribution >= 4 is 18.2 Å². The number of benzene rings is 2. The molecule has 0 atom stereocenters. The molecule has 2 aromatic rings. The van der Waals surface area contributed by atoms with Gasteiger partial charge in [0, 0.05) is 11.1 Å². The van der Waals surface area contributed by atoms with Gasteiger partial charge in [0.05, 0.1) is 6.61 Å². The highest BCUT2D eigenvalue weighted by Crippen LogP contribution is 2.15. The fraction of sp³-hybridized carbons (Fsp3) is 0.235. The second kappa shape index (κ2) is 9.16. The summed E-state index contributed by atoms with van der Waals surface area (Å²) in [6.07, 6.45) is 1.91. The van der Waals surface area contributed by atoms with Gasteiger partial charge in [-0.25, -0.2) is 0 Å². The van der Waals surface area contributed by atoms with E-state index >= 15 is 0 Å². The molecule has 0 amide bonds. The lowest BCUT2D eigenvalue weighted by Crippen LogP contribution is -2.04. The van der Waals surface area contributed by atoms with Crippen LogP contribution >= 0.6 is 12.4 Å². The van der Waals surface area contributed by atoms with Crippen LogP contribution in [-0.4, -0.2) is 18.9 Å². The average Bonchev–Trinajstić information content (AvgIpc) is 2.52. The molecule has 0 unspecified atom stereocenters. The summed E-state index contributed by atoms with van der Waals surface area (Å²) in [5, 5.41) is 0. The van der Waals surface area contributed by atoms with Crippen molar-refractivity contribution in [1.82, 2.24) is 0 Å². The van der Waals surface area contributed by atoms with E-state index in [0.29, 0.717) is 24.3 Å². The molecule has 2 rings (SSSR count). The summed E-state index contributed by atoms with van der Waals surface area (Å²) in [4.78, 5) is 12.2. The molecule has 2 N–H and O–H groups in total. The summed E-state index contributed by atoms with van der Waals surface area (Å²) in [5.41, 5.74) is 6.79. The van der Waals surface area contributed by atoms with Crippen LogP contribution in [0.5, 0.6) is 5.75 Å². The number of ketones is 1. The summed E-state index contributed by atoms with van der Waals surface area (Å²) in [6.45, 7) is 1.34. The van der Waals surface area contributed by atoms with Crippen molar-refractivity contribution in [3.05, 3.63) is 65.7 Å². The third kappa shape index (κ3) is 5.21. The van der Waals surface area contributed by atoms with E-state index in [0.717, 1.165) is 18.6 Å². The lowest BCUT2D eigenvalue weighted by atomic mass is 10.0. The molecule has 0 fully saturated rings. The lowest BCUT2D eigenvalue weighted by molar-refractivity contribution is 0.103. The number of hydrogen-bond acceptors (Lipinski definition) is 3. The molecule has 0 aliphatic carbocycles. The average molecular weight is 306 g/mol. The summed E-state index contributed by atoms with van der Waals surface area (Å²) in [5.74, 6) is 0.812. The van der Waals surface area contributed by atoms with Crippen molar-refractivity contribution in [2.45, 2.75) is 12.8 Å². The first-order chi connectivity index (χ1) is 9.81. The maximum absolute atomic E-state index is 12.2. The quantitative estimate of drug-likeness (QED) is 0.629. The molecular weight excluding hydrogens is 286 g/mol. The molecule has 0 aliphatic rings. The number of hydrogen-bond donors (Lipinski definition) is 1. The number of ether oxygens (including phenoxy) is 1. The van der Waals surface area contributed by atoms with Crippen LogP contribution < -0.4 is 10.5 Å². The highest BCUT2D eigenvalue weighted by Gasteiger charge is 2.08. The Hall–Kier alpha value is -1.84. The fourth-order valence-corrected chi connectivity index (χ4v) is 1.90. The van der Waals surface area contributed by atoms with Crippen molar-refractivity contribution in [3.8, 4) is 5.75 Å². The zero-order chi connectivity index (χ0) is 14.2. The molecule has 21 heavy (non-hydrogen) atoms. The molecule has 0 aliphatic heterocycles. The van der Waals surface area contributed by atoms with Crippen LogP contribution in [0.4, 0.5) is 0 Å². The van der Waals surface area contributed by atoms with Crippen LogP contribution in [0.3, 0.4) is 0 Å². The Kier molecular flexibility index (Phi) is 7.51. The van der Waals surface area contributed by atoms with E-state index in [9.17, 15) is 4.79 Å². The van der Waals surface area contributed by atoms with Crippen LogP contribution in [0.15, 0.2) is 54.6 Å². The van der Waals surface area contributed by atoms with Crippen molar-refractivity contribution in [2.24, 2.45) is 5.73 Å². The maximum Gasteiger partial charge on any atom is 0.193 e. The molecule has 2 aromatic carbocycles. The van der Waals surface area contributed by atoms with Crippen LogP contribution in [0.25, 0.3) is 0 Å². The van der Waals surface area contributed by atoms with E-state index in [1.807, 2.05) is 42.5 Å². The zero-order valence-electron chi connectivity index (χ0n) is 11.8. The van der Waals surface area contributed by atoms with Crippen molar-refractivity contribution in [3.63, 3.8) is 0 Å². The number of carbonyl (C=O) groups excluding carboxylic acids is 1. The van der Waals surface area contributed by atoms with Crippen LogP contribution in [0.2, 0.25) is 0 Å². The minimum atomic E-state index is 0. The van der Waals surface area contributed by atoms with Gasteiger partial charge in [0.25, 0.3) is 0 Å². The molecule has 0 saturated heterocycles. The first-order valence-electron chi connectivity index (χ1n) is 6.84. The van der Waals surface area contributed by atoms with E-state index in [4.69, 9.17) is 10.5 Å².